The molecule has 0 radical (unpaired) electrons. The topological polar surface area (TPSA) is 70.2 Å². The maximum absolute atomic E-state index is 11.3. The van der Waals surface area contributed by atoms with Gasteiger partial charge in [0.2, 0.25) is 0 Å². The molecule has 0 aliphatic carbocycles. The molecule has 1 rings (SSSR count). The molecule has 0 bridgehead atoms. The average molecular weight is 175 g/mol. The summed E-state index contributed by atoms with van der Waals surface area (Å²) in [6.45, 7) is 2.32. The standard InChI is InChI=1S/C7H13N3O2.2H2/c1-3-7(4-8-2)5(11)9-6(12)10-7;;/h8H,3-4H2,1-2H3,(H2,9,10,11,12);2*1H. The van der Waals surface area contributed by atoms with Crippen molar-refractivity contribution in [2.75, 3.05) is 13.6 Å². The zero-order valence-corrected chi connectivity index (χ0v) is 7.23. The third-order valence-electron chi connectivity index (χ3n) is 2.10. The predicted octanol–water partition coefficient (Wildman–Crippen LogP) is -0.314. The number of hydrogen-bond donors (Lipinski definition) is 3. The molecule has 0 aromatic carbocycles. The van der Waals surface area contributed by atoms with Gasteiger partial charge in [0.15, 0.2) is 0 Å². The second kappa shape index (κ2) is 3.10. The maximum atomic E-state index is 11.3. The van der Waals surface area contributed by atoms with E-state index in [-0.39, 0.29) is 8.76 Å². The van der Waals surface area contributed by atoms with Crippen LogP contribution in [0.1, 0.15) is 16.2 Å². The van der Waals surface area contributed by atoms with Crippen molar-refractivity contribution in [3.63, 3.8) is 0 Å². The Hall–Kier alpha value is -1.10. The van der Waals surface area contributed by atoms with Crippen LogP contribution in [0, 0.1) is 0 Å². The van der Waals surface area contributed by atoms with E-state index in [1.807, 2.05) is 6.92 Å². The van der Waals surface area contributed by atoms with Crippen LogP contribution >= 0.6 is 0 Å². The summed E-state index contributed by atoms with van der Waals surface area (Å²) in [6, 6.07) is -0.405. The lowest BCUT2D eigenvalue weighted by atomic mass is 9.97. The molecule has 1 heterocycles. The van der Waals surface area contributed by atoms with E-state index >= 15 is 0 Å². The molecule has 1 unspecified atom stereocenters. The summed E-state index contributed by atoms with van der Waals surface area (Å²) in [5, 5.41) is 7.70. The molecule has 0 aromatic heterocycles. The van der Waals surface area contributed by atoms with E-state index < -0.39 is 11.6 Å². The highest BCUT2D eigenvalue weighted by Gasteiger charge is 2.43. The lowest BCUT2D eigenvalue weighted by Crippen LogP contribution is -2.53. The molecule has 12 heavy (non-hydrogen) atoms. The summed E-state index contributed by atoms with van der Waals surface area (Å²) >= 11 is 0. The van der Waals surface area contributed by atoms with Crippen LogP contribution in [-0.2, 0) is 4.79 Å². The number of hydrogen-bond acceptors (Lipinski definition) is 3. The number of urea groups is 1. The normalized spacial score (nSPS) is 28.5. The van der Waals surface area contributed by atoms with Gasteiger partial charge in [-0.25, -0.2) is 4.79 Å². The minimum atomic E-state index is -0.744. The molecule has 0 aromatic rings. The van der Waals surface area contributed by atoms with Crippen LogP contribution in [-0.4, -0.2) is 31.1 Å². The van der Waals surface area contributed by atoms with E-state index in [4.69, 9.17) is 0 Å². The molecule has 3 N–H and O–H groups in total. The van der Waals surface area contributed by atoms with Crippen LogP contribution in [0.5, 0.6) is 0 Å². The Morgan fingerprint density at radius 2 is 2.25 bits per heavy atom. The van der Waals surface area contributed by atoms with Crippen molar-refractivity contribution < 1.29 is 12.4 Å². The molecule has 5 nitrogen and oxygen atoms in total. The number of nitrogens with one attached hydrogen (secondary N) is 3. The Morgan fingerprint density at radius 1 is 1.58 bits per heavy atom. The van der Waals surface area contributed by atoms with Crippen molar-refractivity contribution in [1.29, 1.82) is 0 Å². The van der Waals surface area contributed by atoms with Crippen molar-refractivity contribution in [3.8, 4) is 0 Å². The van der Waals surface area contributed by atoms with Gasteiger partial charge < -0.3 is 10.6 Å². The first-order valence-electron chi connectivity index (χ1n) is 3.93. The fourth-order valence-electron chi connectivity index (χ4n) is 1.33. The van der Waals surface area contributed by atoms with Gasteiger partial charge in [-0.1, -0.05) is 6.92 Å². The second-order valence-electron chi connectivity index (χ2n) is 2.87. The summed E-state index contributed by atoms with van der Waals surface area (Å²) in [5.74, 6) is -0.246. The number of carbonyl (C=O) groups excluding carboxylic acids is 2. The van der Waals surface area contributed by atoms with Gasteiger partial charge in [-0.3, -0.25) is 10.1 Å². The molecule has 72 valence electrons. The third kappa shape index (κ3) is 1.27. The molecule has 1 saturated heterocycles. The van der Waals surface area contributed by atoms with Gasteiger partial charge in [-0.05, 0) is 13.5 Å². The van der Waals surface area contributed by atoms with Gasteiger partial charge in [-0.2, -0.15) is 0 Å². The molecule has 1 aliphatic heterocycles. The van der Waals surface area contributed by atoms with Gasteiger partial charge in [-0.15, -0.1) is 0 Å². The van der Waals surface area contributed by atoms with Gasteiger partial charge in [0.05, 0.1) is 0 Å². The summed E-state index contributed by atoms with van der Waals surface area (Å²) < 4.78 is 0. The molecule has 0 spiro atoms. The highest BCUT2D eigenvalue weighted by molar-refractivity contribution is 6.07. The van der Waals surface area contributed by atoms with Crippen LogP contribution < -0.4 is 16.0 Å². The first kappa shape index (κ1) is 8.99. The first-order valence-corrected chi connectivity index (χ1v) is 3.93. The molecule has 1 fully saturated rings. The van der Waals surface area contributed by atoms with Crippen LogP contribution in [0.3, 0.4) is 0 Å². The lowest BCUT2D eigenvalue weighted by molar-refractivity contribution is -0.123. The predicted molar refractivity (Wildman–Crippen MR) is 47.9 cm³/mol. The van der Waals surface area contributed by atoms with Crippen molar-refractivity contribution in [2.45, 2.75) is 18.9 Å². The number of amides is 3. The van der Waals surface area contributed by atoms with Gasteiger partial charge in [0.25, 0.3) is 5.91 Å². The first-order chi connectivity index (χ1) is 5.64. The van der Waals surface area contributed by atoms with Crippen molar-refractivity contribution in [1.82, 2.24) is 16.0 Å². The Labute approximate surface area is 73.9 Å². The van der Waals surface area contributed by atoms with E-state index in [0.717, 1.165) is 0 Å². The summed E-state index contributed by atoms with van der Waals surface area (Å²) in [6.07, 6.45) is 0.589. The molecule has 1 aliphatic rings. The molecule has 5 heteroatoms. The molecule has 1 atom stereocenters. The minimum Gasteiger partial charge on any atom is -0.322 e. The van der Waals surface area contributed by atoms with E-state index in [1.165, 1.54) is 0 Å². The zero-order valence-electron chi connectivity index (χ0n) is 7.23. The van der Waals surface area contributed by atoms with Crippen molar-refractivity contribution >= 4 is 11.9 Å². The number of carbonyl (C=O) groups is 2. The Morgan fingerprint density at radius 3 is 2.58 bits per heavy atom. The second-order valence-corrected chi connectivity index (χ2v) is 2.87. The Balaban J connectivity index is 0. The van der Waals surface area contributed by atoms with E-state index in [1.54, 1.807) is 7.05 Å². The van der Waals surface area contributed by atoms with Gasteiger partial charge in [0, 0.05) is 9.40 Å². The monoisotopic (exact) mass is 175 g/mol. The van der Waals surface area contributed by atoms with Crippen LogP contribution in [0.25, 0.3) is 0 Å². The Kier molecular flexibility index (Phi) is 2.32. The lowest BCUT2D eigenvalue weighted by Gasteiger charge is -2.23. The zero-order chi connectivity index (χ0) is 9.19. The molecular weight excluding hydrogens is 158 g/mol. The number of imide groups is 1. The van der Waals surface area contributed by atoms with Crippen LogP contribution in [0.15, 0.2) is 0 Å². The van der Waals surface area contributed by atoms with E-state index in [2.05, 4.69) is 16.0 Å². The number of rotatable bonds is 3. The molecule has 3 amide bonds. The van der Waals surface area contributed by atoms with E-state index in [0.29, 0.717) is 13.0 Å². The van der Waals surface area contributed by atoms with Crippen LogP contribution in [0.2, 0.25) is 0 Å². The summed E-state index contributed by atoms with van der Waals surface area (Å²) in [4.78, 5) is 22.1. The summed E-state index contributed by atoms with van der Waals surface area (Å²) in [5.41, 5.74) is -0.744. The molecule has 0 saturated carbocycles. The fraction of sp³-hybridized carbons (Fsp3) is 0.714. The summed E-state index contributed by atoms with van der Waals surface area (Å²) in [7, 11) is 1.75. The quantitative estimate of drug-likeness (QED) is 0.515. The minimum absolute atomic E-state index is 0. The SMILES string of the molecule is CCC1(CNC)NC(=O)NC1=O.[HH].[HH]. The smallest absolute Gasteiger partial charge is 0.322 e. The van der Waals surface area contributed by atoms with Gasteiger partial charge >= 0.3 is 6.03 Å². The number of likely N-dealkylation sites (N-methyl/N-ethyl adjacent to an activating group) is 1. The molecular formula is C7H17N3O2. The Bertz CT molecular complexity index is 225. The maximum Gasteiger partial charge on any atom is 0.322 e. The van der Waals surface area contributed by atoms with Crippen LogP contribution in [0.4, 0.5) is 4.79 Å². The van der Waals surface area contributed by atoms with Crippen molar-refractivity contribution in [3.05, 3.63) is 0 Å². The highest BCUT2D eigenvalue weighted by atomic mass is 16.2. The largest absolute Gasteiger partial charge is 0.322 e. The third-order valence-corrected chi connectivity index (χ3v) is 2.10. The van der Waals surface area contributed by atoms with Gasteiger partial charge in [0.1, 0.15) is 5.54 Å². The fourth-order valence-corrected chi connectivity index (χ4v) is 1.33. The van der Waals surface area contributed by atoms with Crippen molar-refractivity contribution in [2.24, 2.45) is 0 Å². The highest BCUT2D eigenvalue weighted by Crippen LogP contribution is 2.13. The van der Waals surface area contributed by atoms with E-state index in [9.17, 15) is 9.59 Å². The average Bonchev–Trinajstić information content (AvgIpc) is 2.28.